The highest BCUT2D eigenvalue weighted by molar-refractivity contribution is 5.81. The van der Waals surface area contributed by atoms with Crippen molar-refractivity contribution in [3.8, 4) is 5.69 Å². The molecule has 1 aromatic heterocycles. The second-order valence-electron chi connectivity index (χ2n) is 8.23. The van der Waals surface area contributed by atoms with Crippen molar-refractivity contribution in [2.24, 2.45) is 0 Å². The Balaban J connectivity index is 2.20. The molecule has 2 aromatic carbocycles. The zero-order valence-corrected chi connectivity index (χ0v) is 17.7. The maximum Gasteiger partial charge on any atom is 0.408 e. The molecule has 3 rings (SSSR count). The van der Waals surface area contributed by atoms with Crippen LogP contribution >= 0.6 is 0 Å². The minimum absolute atomic E-state index is 0.157. The minimum Gasteiger partial charge on any atom is -0.444 e. The van der Waals surface area contributed by atoms with Crippen LogP contribution in [0.3, 0.4) is 0 Å². The van der Waals surface area contributed by atoms with E-state index in [9.17, 15) is 9.59 Å². The van der Waals surface area contributed by atoms with Crippen molar-refractivity contribution in [2.45, 2.75) is 53.2 Å². The SMILES string of the molecule is Cc1ccccc1-n1c(C(C)NC(=O)OC(C)(C)C)nc2cccc(C)c2c1=O. The summed E-state index contributed by atoms with van der Waals surface area (Å²) in [5.41, 5.74) is 2.37. The van der Waals surface area contributed by atoms with Gasteiger partial charge in [-0.05, 0) is 64.8 Å². The van der Waals surface area contributed by atoms with Gasteiger partial charge in [0.05, 0.1) is 22.6 Å². The maximum atomic E-state index is 13.5. The van der Waals surface area contributed by atoms with Crippen LogP contribution in [0.2, 0.25) is 0 Å². The lowest BCUT2D eigenvalue weighted by Gasteiger charge is -2.24. The van der Waals surface area contributed by atoms with Crippen LogP contribution in [0.25, 0.3) is 16.6 Å². The zero-order valence-electron chi connectivity index (χ0n) is 17.7. The second kappa shape index (κ2) is 7.70. The molecule has 0 spiro atoms. The molecule has 3 aromatic rings. The highest BCUT2D eigenvalue weighted by Crippen LogP contribution is 2.22. The van der Waals surface area contributed by atoms with Crippen molar-refractivity contribution in [3.05, 3.63) is 69.8 Å². The standard InChI is InChI=1S/C23H27N3O3/c1-14-10-7-8-13-18(14)26-20(16(3)24-22(28)29-23(4,5)6)25-17-12-9-11-15(2)19(17)21(26)27/h7-13,16H,1-6H3,(H,24,28). The number of rotatable bonds is 3. The Hall–Kier alpha value is -3.15. The lowest BCUT2D eigenvalue weighted by Crippen LogP contribution is -2.37. The van der Waals surface area contributed by atoms with E-state index < -0.39 is 17.7 Å². The fraction of sp³-hybridized carbons (Fsp3) is 0.348. The molecule has 152 valence electrons. The molecule has 6 nitrogen and oxygen atoms in total. The number of hydrogen-bond acceptors (Lipinski definition) is 4. The third kappa shape index (κ3) is 4.31. The normalized spacial score (nSPS) is 12.6. The molecular weight excluding hydrogens is 366 g/mol. The van der Waals surface area contributed by atoms with Crippen LogP contribution in [0.4, 0.5) is 4.79 Å². The van der Waals surface area contributed by atoms with Crippen LogP contribution in [0.15, 0.2) is 47.3 Å². The number of fused-ring (bicyclic) bond motifs is 1. The Kier molecular flexibility index (Phi) is 5.46. The quantitative estimate of drug-likeness (QED) is 0.706. The first-order chi connectivity index (χ1) is 13.6. The van der Waals surface area contributed by atoms with Crippen LogP contribution < -0.4 is 10.9 Å². The van der Waals surface area contributed by atoms with Crippen LogP contribution in [0.5, 0.6) is 0 Å². The molecule has 0 saturated carbocycles. The topological polar surface area (TPSA) is 73.2 Å². The molecule has 0 fully saturated rings. The predicted molar refractivity (Wildman–Crippen MR) is 115 cm³/mol. The Morgan fingerprint density at radius 1 is 1.07 bits per heavy atom. The van der Waals surface area contributed by atoms with Crippen LogP contribution in [-0.4, -0.2) is 21.2 Å². The fourth-order valence-electron chi connectivity index (χ4n) is 3.30. The van der Waals surface area contributed by atoms with Gasteiger partial charge in [-0.3, -0.25) is 9.36 Å². The molecule has 6 heteroatoms. The van der Waals surface area contributed by atoms with E-state index >= 15 is 0 Å². The van der Waals surface area contributed by atoms with Gasteiger partial charge in [0.1, 0.15) is 11.4 Å². The summed E-state index contributed by atoms with van der Waals surface area (Å²) >= 11 is 0. The summed E-state index contributed by atoms with van der Waals surface area (Å²) in [6, 6.07) is 12.7. The van der Waals surface area contributed by atoms with E-state index in [1.165, 1.54) is 0 Å². The van der Waals surface area contributed by atoms with Crippen molar-refractivity contribution >= 4 is 17.0 Å². The van der Waals surface area contributed by atoms with E-state index in [4.69, 9.17) is 9.72 Å². The van der Waals surface area contributed by atoms with Gasteiger partial charge in [0.2, 0.25) is 0 Å². The molecule has 29 heavy (non-hydrogen) atoms. The van der Waals surface area contributed by atoms with Gasteiger partial charge in [0, 0.05) is 0 Å². The van der Waals surface area contributed by atoms with E-state index in [0.29, 0.717) is 16.7 Å². The molecule has 1 atom stereocenters. The first-order valence-electron chi connectivity index (χ1n) is 9.66. The van der Waals surface area contributed by atoms with E-state index in [2.05, 4.69) is 5.32 Å². The molecule has 0 aliphatic carbocycles. The highest BCUT2D eigenvalue weighted by Gasteiger charge is 2.23. The van der Waals surface area contributed by atoms with Crippen molar-refractivity contribution in [1.82, 2.24) is 14.9 Å². The van der Waals surface area contributed by atoms with Gasteiger partial charge in [0.15, 0.2) is 0 Å². The molecule has 0 saturated heterocycles. The lowest BCUT2D eigenvalue weighted by molar-refractivity contribution is 0.0505. The van der Waals surface area contributed by atoms with Gasteiger partial charge in [-0.15, -0.1) is 0 Å². The molecule has 0 aliphatic heterocycles. The van der Waals surface area contributed by atoms with Crippen molar-refractivity contribution in [3.63, 3.8) is 0 Å². The zero-order chi connectivity index (χ0) is 21.3. The van der Waals surface area contributed by atoms with E-state index in [-0.39, 0.29) is 5.56 Å². The Labute approximate surface area is 170 Å². The average molecular weight is 393 g/mol. The van der Waals surface area contributed by atoms with E-state index in [0.717, 1.165) is 16.8 Å². The Morgan fingerprint density at radius 2 is 1.72 bits per heavy atom. The number of carbonyl (C=O) groups excluding carboxylic acids is 1. The maximum absolute atomic E-state index is 13.5. The number of hydrogen-bond donors (Lipinski definition) is 1. The molecule has 1 unspecified atom stereocenters. The number of alkyl carbamates (subject to hydrolysis) is 1. The van der Waals surface area contributed by atoms with Gasteiger partial charge in [-0.2, -0.15) is 0 Å². The van der Waals surface area contributed by atoms with Gasteiger partial charge >= 0.3 is 6.09 Å². The first kappa shape index (κ1) is 20.6. The Bertz CT molecular complexity index is 1130. The third-order valence-electron chi connectivity index (χ3n) is 4.61. The number of nitrogens with one attached hydrogen (secondary N) is 1. The molecule has 1 heterocycles. The van der Waals surface area contributed by atoms with Gasteiger partial charge in [-0.1, -0.05) is 30.3 Å². The minimum atomic E-state index is -0.618. The number of para-hydroxylation sites is 1. The summed E-state index contributed by atoms with van der Waals surface area (Å²) < 4.78 is 6.96. The van der Waals surface area contributed by atoms with Crippen LogP contribution in [-0.2, 0) is 4.74 Å². The number of benzene rings is 2. The first-order valence-corrected chi connectivity index (χ1v) is 9.66. The molecule has 1 amide bonds. The number of aromatic nitrogens is 2. The summed E-state index contributed by atoms with van der Waals surface area (Å²) in [4.78, 5) is 30.6. The predicted octanol–water partition coefficient (Wildman–Crippen LogP) is 4.59. The molecule has 0 bridgehead atoms. The van der Waals surface area contributed by atoms with Gasteiger partial charge in [0.25, 0.3) is 5.56 Å². The van der Waals surface area contributed by atoms with Gasteiger partial charge < -0.3 is 10.1 Å². The van der Waals surface area contributed by atoms with Crippen molar-refractivity contribution < 1.29 is 9.53 Å². The number of aryl methyl sites for hydroxylation is 2. The smallest absolute Gasteiger partial charge is 0.408 e. The van der Waals surface area contributed by atoms with Crippen LogP contribution in [0.1, 0.15) is 50.7 Å². The summed E-state index contributed by atoms with van der Waals surface area (Å²) in [6.07, 6.45) is -0.556. The largest absolute Gasteiger partial charge is 0.444 e. The summed E-state index contributed by atoms with van der Waals surface area (Å²) in [6.45, 7) is 11.0. The molecule has 0 aliphatic rings. The monoisotopic (exact) mass is 393 g/mol. The number of nitrogens with zero attached hydrogens (tertiary/aromatic N) is 2. The lowest BCUT2D eigenvalue weighted by atomic mass is 10.1. The number of amides is 1. The summed E-state index contributed by atoms with van der Waals surface area (Å²) in [7, 11) is 0. The highest BCUT2D eigenvalue weighted by atomic mass is 16.6. The summed E-state index contributed by atoms with van der Waals surface area (Å²) in [5.74, 6) is 0.452. The molecule has 0 radical (unpaired) electrons. The van der Waals surface area contributed by atoms with Crippen LogP contribution in [0, 0.1) is 13.8 Å². The second-order valence-corrected chi connectivity index (χ2v) is 8.23. The van der Waals surface area contributed by atoms with Crippen molar-refractivity contribution in [1.29, 1.82) is 0 Å². The Morgan fingerprint density at radius 3 is 2.38 bits per heavy atom. The fourth-order valence-corrected chi connectivity index (χ4v) is 3.30. The van der Waals surface area contributed by atoms with Gasteiger partial charge in [-0.25, -0.2) is 9.78 Å². The third-order valence-corrected chi connectivity index (χ3v) is 4.61. The average Bonchev–Trinajstić information content (AvgIpc) is 2.60. The molecule has 1 N–H and O–H groups in total. The van der Waals surface area contributed by atoms with Crippen molar-refractivity contribution in [2.75, 3.05) is 0 Å². The van der Waals surface area contributed by atoms with E-state index in [1.807, 2.05) is 56.3 Å². The van der Waals surface area contributed by atoms with E-state index in [1.54, 1.807) is 32.3 Å². The number of ether oxygens (including phenoxy) is 1. The molecular formula is C23H27N3O3. The summed E-state index contributed by atoms with van der Waals surface area (Å²) in [5, 5.41) is 3.38. The number of carbonyl (C=O) groups is 1.